The van der Waals surface area contributed by atoms with Crippen LogP contribution in [-0.2, 0) is 16.2 Å². The Morgan fingerprint density at radius 3 is 2.38 bits per heavy atom. The average molecular weight is 383 g/mol. The van der Waals surface area contributed by atoms with E-state index in [0.29, 0.717) is 4.47 Å². The first-order valence-corrected chi connectivity index (χ1v) is 8.72. The second kappa shape index (κ2) is 6.84. The van der Waals surface area contributed by atoms with Gasteiger partial charge in [0, 0.05) is 31.2 Å². The minimum atomic E-state index is -1.70. The maximum absolute atomic E-state index is 14.4. The molecule has 1 N–H and O–H groups in total. The van der Waals surface area contributed by atoms with Gasteiger partial charge in [0.05, 0.1) is 6.61 Å². The third-order valence-corrected chi connectivity index (χ3v) is 6.23. The maximum Gasteiger partial charge on any atom is 0.133 e. The monoisotopic (exact) mass is 382 g/mol. The summed E-state index contributed by atoms with van der Waals surface area (Å²) in [6, 6.07) is 4.24. The Labute approximate surface area is 135 Å². The molecular formula is C15H21BrF2O2S. The molecule has 3 atom stereocenters. The lowest BCUT2D eigenvalue weighted by atomic mass is 9.80. The van der Waals surface area contributed by atoms with E-state index in [1.54, 1.807) is 20.8 Å². The largest absolute Gasteiger partial charge is 0.393 e. The summed E-state index contributed by atoms with van der Waals surface area (Å²) in [4.78, 5) is 0. The first-order chi connectivity index (χ1) is 9.52. The average Bonchev–Trinajstić information content (AvgIpc) is 2.39. The van der Waals surface area contributed by atoms with E-state index in [2.05, 4.69) is 15.9 Å². The molecule has 6 heteroatoms. The van der Waals surface area contributed by atoms with Crippen LogP contribution in [0.1, 0.15) is 33.3 Å². The minimum Gasteiger partial charge on any atom is -0.393 e. The summed E-state index contributed by atoms with van der Waals surface area (Å²) in [5.74, 6) is -0.631. The third-order valence-electron chi connectivity index (χ3n) is 3.51. The highest BCUT2D eigenvalue weighted by molar-refractivity contribution is 9.10. The van der Waals surface area contributed by atoms with Gasteiger partial charge in [-0.25, -0.2) is 8.78 Å². The second-order valence-electron chi connectivity index (χ2n) is 6.29. The lowest BCUT2D eigenvalue weighted by molar-refractivity contribution is 0.119. The van der Waals surface area contributed by atoms with Gasteiger partial charge in [-0.1, -0.05) is 22.9 Å². The van der Waals surface area contributed by atoms with Crippen LogP contribution in [0.5, 0.6) is 0 Å². The fourth-order valence-electron chi connectivity index (χ4n) is 1.96. The Balaban J connectivity index is 3.34. The van der Waals surface area contributed by atoms with Gasteiger partial charge in [-0.2, -0.15) is 0 Å². The van der Waals surface area contributed by atoms with E-state index in [-0.39, 0.29) is 11.3 Å². The molecule has 1 aromatic carbocycles. The van der Waals surface area contributed by atoms with Crippen molar-refractivity contribution >= 4 is 26.7 Å². The zero-order valence-electron chi connectivity index (χ0n) is 12.6. The van der Waals surface area contributed by atoms with Crippen LogP contribution in [0.3, 0.4) is 0 Å². The van der Waals surface area contributed by atoms with Crippen LogP contribution in [0.4, 0.5) is 8.78 Å². The van der Waals surface area contributed by atoms with E-state index < -0.39 is 39.6 Å². The van der Waals surface area contributed by atoms with Crippen molar-refractivity contribution in [2.75, 3.05) is 12.4 Å². The molecule has 2 nitrogen and oxygen atoms in total. The van der Waals surface area contributed by atoms with Gasteiger partial charge in [-0.3, -0.25) is 4.21 Å². The predicted octanol–water partition coefficient (Wildman–Crippen LogP) is 3.72. The third kappa shape index (κ3) is 4.33. The highest BCUT2D eigenvalue weighted by Gasteiger charge is 2.41. The van der Waals surface area contributed by atoms with Crippen molar-refractivity contribution in [1.29, 1.82) is 0 Å². The van der Waals surface area contributed by atoms with Crippen LogP contribution in [0.2, 0.25) is 0 Å². The standard InChI is InChI=1S/C15H21BrF2O2S/c1-14(2,3)21(20)9-15(4,13(18)8-19)11-7-10(16)5-6-12(11)17/h5-7,13,19H,8-9H2,1-4H3/t13-,15+,21-/m0/s1. The maximum atomic E-state index is 14.4. The normalized spacial score (nSPS) is 18.1. The van der Waals surface area contributed by atoms with Crippen molar-refractivity contribution in [3.63, 3.8) is 0 Å². The number of alkyl halides is 1. The lowest BCUT2D eigenvalue weighted by Crippen LogP contribution is -2.44. The predicted molar refractivity (Wildman–Crippen MR) is 86.2 cm³/mol. The summed E-state index contributed by atoms with van der Waals surface area (Å²) in [5, 5.41) is 9.20. The van der Waals surface area contributed by atoms with Crippen LogP contribution in [0, 0.1) is 5.82 Å². The van der Waals surface area contributed by atoms with Crippen molar-refractivity contribution in [3.8, 4) is 0 Å². The number of hydrogen-bond acceptors (Lipinski definition) is 2. The zero-order chi connectivity index (χ0) is 16.4. The summed E-state index contributed by atoms with van der Waals surface area (Å²) >= 11 is 3.24. The molecule has 120 valence electrons. The molecule has 0 amide bonds. The van der Waals surface area contributed by atoms with E-state index in [4.69, 9.17) is 0 Å². The zero-order valence-corrected chi connectivity index (χ0v) is 15.0. The molecule has 0 aliphatic rings. The summed E-state index contributed by atoms with van der Waals surface area (Å²) < 4.78 is 41.0. The van der Waals surface area contributed by atoms with E-state index in [1.807, 2.05) is 0 Å². The van der Waals surface area contributed by atoms with Crippen molar-refractivity contribution in [2.45, 2.75) is 44.0 Å². The Morgan fingerprint density at radius 2 is 1.90 bits per heavy atom. The number of benzene rings is 1. The molecule has 0 saturated carbocycles. The second-order valence-corrected chi connectivity index (χ2v) is 9.41. The Morgan fingerprint density at radius 1 is 1.33 bits per heavy atom. The fraction of sp³-hybridized carbons (Fsp3) is 0.600. The molecule has 1 rings (SSSR count). The molecule has 0 aliphatic heterocycles. The van der Waals surface area contributed by atoms with Gasteiger partial charge < -0.3 is 5.11 Å². The summed E-state index contributed by atoms with van der Waals surface area (Å²) in [5.41, 5.74) is -1.24. The van der Waals surface area contributed by atoms with Crippen LogP contribution >= 0.6 is 15.9 Å². The van der Waals surface area contributed by atoms with Gasteiger partial charge in [0.15, 0.2) is 0 Å². The Bertz CT molecular complexity index is 531. The van der Waals surface area contributed by atoms with Gasteiger partial charge in [0.25, 0.3) is 0 Å². The number of halogens is 3. The molecule has 1 aromatic rings. The first-order valence-electron chi connectivity index (χ1n) is 6.61. The SMILES string of the molecule is CC(C)(C)[S@@](=O)C[C@](C)(c1cc(Br)ccc1F)[C@@H](F)CO. The smallest absolute Gasteiger partial charge is 0.133 e. The van der Waals surface area contributed by atoms with Gasteiger partial charge in [-0.15, -0.1) is 0 Å². The van der Waals surface area contributed by atoms with Crippen molar-refractivity contribution in [2.24, 2.45) is 0 Å². The van der Waals surface area contributed by atoms with Crippen LogP contribution in [0.15, 0.2) is 22.7 Å². The van der Waals surface area contributed by atoms with E-state index >= 15 is 0 Å². The van der Waals surface area contributed by atoms with Crippen molar-refractivity contribution < 1.29 is 18.1 Å². The summed E-state index contributed by atoms with van der Waals surface area (Å²) in [6.45, 7) is 6.11. The molecule has 0 aromatic heterocycles. The number of hydrogen-bond donors (Lipinski definition) is 1. The molecule has 0 saturated heterocycles. The molecule has 0 heterocycles. The van der Waals surface area contributed by atoms with Gasteiger partial charge in [-0.05, 0) is 44.5 Å². The lowest BCUT2D eigenvalue weighted by Gasteiger charge is -2.35. The highest BCUT2D eigenvalue weighted by atomic mass is 79.9. The van der Waals surface area contributed by atoms with E-state index in [0.717, 1.165) is 0 Å². The fourth-order valence-corrected chi connectivity index (χ4v) is 3.64. The molecule has 0 unspecified atom stereocenters. The molecule has 0 bridgehead atoms. The van der Waals surface area contributed by atoms with Gasteiger partial charge >= 0.3 is 0 Å². The molecular weight excluding hydrogens is 362 g/mol. The van der Waals surface area contributed by atoms with Crippen LogP contribution < -0.4 is 0 Å². The Hall–Kier alpha value is -0.330. The molecule has 0 spiro atoms. The summed E-state index contributed by atoms with van der Waals surface area (Å²) in [7, 11) is -1.38. The molecule has 0 radical (unpaired) electrons. The first kappa shape index (κ1) is 18.7. The van der Waals surface area contributed by atoms with E-state index in [1.165, 1.54) is 25.1 Å². The minimum absolute atomic E-state index is 0.0639. The summed E-state index contributed by atoms with van der Waals surface area (Å²) in [6.07, 6.45) is -1.70. The Kier molecular flexibility index (Phi) is 6.09. The van der Waals surface area contributed by atoms with Crippen molar-refractivity contribution in [3.05, 3.63) is 34.1 Å². The van der Waals surface area contributed by atoms with Gasteiger partial charge in [0.1, 0.15) is 12.0 Å². The quantitative estimate of drug-likeness (QED) is 0.842. The van der Waals surface area contributed by atoms with Crippen LogP contribution in [-0.4, -0.2) is 32.6 Å². The molecule has 0 fully saturated rings. The number of aliphatic hydroxyl groups is 1. The van der Waals surface area contributed by atoms with Crippen molar-refractivity contribution in [1.82, 2.24) is 0 Å². The molecule has 21 heavy (non-hydrogen) atoms. The van der Waals surface area contributed by atoms with Crippen LogP contribution in [0.25, 0.3) is 0 Å². The van der Waals surface area contributed by atoms with E-state index in [9.17, 15) is 18.1 Å². The molecule has 0 aliphatic carbocycles. The van der Waals surface area contributed by atoms with Gasteiger partial charge in [0.2, 0.25) is 0 Å². The number of aliphatic hydroxyl groups excluding tert-OH is 1. The highest BCUT2D eigenvalue weighted by Crippen LogP contribution is 2.36. The topological polar surface area (TPSA) is 37.3 Å². The number of rotatable bonds is 5.